The van der Waals surface area contributed by atoms with E-state index in [4.69, 9.17) is 11.6 Å². The van der Waals surface area contributed by atoms with Crippen LogP contribution in [0.4, 0.5) is 0 Å². The lowest BCUT2D eigenvalue weighted by atomic mass is 9.95. The molecule has 1 atom stereocenters. The highest BCUT2D eigenvalue weighted by Gasteiger charge is 2.29. The van der Waals surface area contributed by atoms with Crippen LogP contribution in [0.1, 0.15) is 37.7 Å². The lowest BCUT2D eigenvalue weighted by Crippen LogP contribution is -2.46. The number of rotatable bonds is 3. The van der Waals surface area contributed by atoms with Crippen LogP contribution in [-0.4, -0.2) is 41.9 Å². The van der Waals surface area contributed by atoms with E-state index in [1.807, 2.05) is 18.2 Å². The molecule has 0 radical (unpaired) electrons. The van der Waals surface area contributed by atoms with Crippen molar-refractivity contribution in [1.29, 1.82) is 0 Å². The second-order valence-electron chi connectivity index (χ2n) is 6.55. The van der Waals surface area contributed by atoms with Crippen LogP contribution in [0.5, 0.6) is 0 Å². The summed E-state index contributed by atoms with van der Waals surface area (Å²) in [6.07, 6.45) is 5.75. The van der Waals surface area contributed by atoms with Crippen molar-refractivity contribution in [3.05, 3.63) is 34.9 Å². The van der Waals surface area contributed by atoms with Gasteiger partial charge in [-0.25, -0.2) is 0 Å². The van der Waals surface area contributed by atoms with Gasteiger partial charge in [-0.3, -0.25) is 9.69 Å². The first-order valence-electron chi connectivity index (χ1n) is 8.48. The van der Waals surface area contributed by atoms with E-state index >= 15 is 0 Å². The molecule has 2 aliphatic rings. The number of halogens is 1. The molecule has 0 aromatic heterocycles. The molecule has 2 heterocycles. The van der Waals surface area contributed by atoms with E-state index in [0.717, 1.165) is 56.2 Å². The summed E-state index contributed by atoms with van der Waals surface area (Å²) in [5.41, 5.74) is 1.16. The quantitative estimate of drug-likeness (QED) is 0.850. The number of nitrogens with zero attached hydrogens (tertiary/aromatic N) is 2. The first kappa shape index (κ1) is 15.8. The van der Waals surface area contributed by atoms with Crippen LogP contribution >= 0.6 is 11.6 Å². The maximum atomic E-state index is 12.7. The van der Waals surface area contributed by atoms with Gasteiger partial charge in [0, 0.05) is 31.2 Å². The minimum absolute atomic E-state index is 0.175. The second kappa shape index (κ2) is 7.47. The molecule has 0 unspecified atom stereocenters. The molecule has 120 valence electrons. The van der Waals surface area contributed by atoms with Crippen molar-refractivity contribution in [2.75, 3.05) is 26.2 Å². The molecule has 0 bridgehead atoms. The highest BCUT2D eigenvalue weighted by atomic mass is 35.5. The van der Waals surface area contributed by atoms with Gasteiger partial charge in [0.15, 0.2) is 0 Å². The Morgan fingerprint density at radius 1 is 1.09 bits per heavy atom. The van der Waals surface area contributed by atoms with E-state index in [-0.39, 0.29) is 5.92 Å². The normalized spacial score (nSPS) is 23.5. The summed E-state index contributed by atoms with van der Waals surface area (Å²) in [5, 5.41) is 0.826. The van der Waals surface area contributed by atoms with Crippen molar-refractivity contribution in [2.24, 2.45) is 5.92 Å². The molecular formula is C18H25ClN2O. The monoisotopic (exact) mass is 320 g/mol. The molecule has 1 aromatic rings. The van der Waals surface area contributed by atoms with Crippen molar-refractivity contribution in [2.45, 2.75) is 38.6 Å². The topological polar surface area (TPSA) is 23.6 Å². The Balaban J connectivity index is 1.59. The molecule has 3 nitrogen and oxygen atoms in total. The average molecular weight is 321 g/mol. The second-order valence-corrected chi connectivity index (χ2v) is 6.96. The van der Waals surface area contributed by atoms with E-state index in [1.165, 1.54) is 19.3 Å². The summed E-state index contributed by atoms with van der Waals surface area (Å²) >= 11 is 6.26. The average Bonchev–Trinajstić information content (AvgIpc) is 2.57. The third-order valence-electron chi connectivity index (χ3n) is 4.87. The number of piperidine rings is 2. The van der Waals surface area contributed by atoms with E-state index < -0.39 is 0 Å². The predicted molar refractivity (Wildman–Crippen MR) is 89.9 cm³/mol. The number of hydrogen-bond donors (Lipinski definition) is 0. The largest absolute Gasteiger partial charge is 0.342 e. The fraction of sp³-hybridized carbons (Fsp3) is 0.611. The summed E-state index contributed by atoms with van der Waals surface area (Å²) in [6.45, 7) is 4.71. The first-order valence-corrected chi connectivity index (χ1v) is 8.86. The van der Waals surface area contributed by atoms with Gasteiger partial charge in [-0.15, -0.1) is 0 Å². The number of benzene rings is 1. The van der Waals surface area contributed by atoms with Crippen LogP contribution < -0.4 is 0 Å². The zero-order valence-corrected chi connectivity index (χ0v) is 13.9. The van der Waals surface area contributed by atoms with E-state index in [0.29, 0.717) is 5.91 Å². The fourth-order valence-electron chi connectivity index (χ4n) is 3.64. The third kappa shape index (κ3) is 3.82. The molecule has 0 aliphatic carbocycles. The van der Waals surface area contributed by atoms with Gasteiger partial charge < -0.3 is 4.90 Å². The van der Waals surface area contributed by atoms with Crippen molar-refractivity contribution in [3.8, 4) is 0 Å². The summed E-state index contributed by atoms with van der Waals surface area (Å²) in [6, 6.07) is 8.02. The number of hydrogen-bond acceptors (Lipinski definition) is 2. The number of carbonyl (C=O) groups excluding carboxylic acids is 1. The third-order valence-corrected chi connectivity index (χ3v) is 5.24. The molecule has 0 N–H and O–H groups in total. The molecule has 1 aromatic carbocycles. The summed E-state index contributed by atoms with van der Waals surface area (Å²) < 4.78 is 0. The number of likely N-dealkylation sites (tertiary alicyclic amines) is 2. The van der Waals surface area contributed by atoms with E-state index in [9.17, 15) is 4.79 Å². The predicted octanol–water partition coefficient (Wildman–Crippen LogP) is 3.56. The highest BCUT2D eigenvalue weighted by molar-refractivity contribution is 6.31. The SMILES string of the molecule is O=C([C@@H]1CCCN(Cc2ccccc2Cl)C1)N1CCCCC1. The van der Waals surface area contributed by atoms with Gasteiger partial charge in [0.2, 0.25) is 5.91 Å². The van der Waals surface area contributed by atoms with Crippen molar-refractivity contribution in [1.82, 2.24) is 9.80 Å². The molecule has 2 aliphatic heterocycles. The van der Waals surface area contributed by atoms with E-state index in [1.54, 1.807) is 0 Å². The molecule has 4 heteroatoms. The maximum absolute atomic E-state index is 12.7. The smallest absolute Gasteiger partial charge is 0.226 e. The zero-order chi connectivity index (χ0) is 15.4. The molecule has 3 rings (SSSR count). The van der Waals surface area contributed by atoms with Crippen LogP contribution in [0.25, 0.3) is 0 Å². The number of amides is 1. The minimum Gasteiger partial charge on any atom is -0.342 e. The van der Waals surface area contributed by atoms with Gasteiger partial charge in [0.05, 0.1) is 5.92 Å². The van der Waals surface area contributed by atoms with Gasteiger partial charge in [-0.05, 0) is 50.3 Å². The Kier molecular flexibility index (Phi) is 5.37. The zero-order valence-electron chi connectivity index (χ0n) is 13.1. The lowest BCUT2D eigenvalue weighted by molar-refractivity contribution is -0.138. The van der Waals surface area contributed by atoms with Gasteiger partial charge in [0.25, 0.3) is 0 Å². The van der Waals surface area contributed by atoms with Gasteiger partial charge >= 0.3 is 0 Å². The standard InChI is InChI=1S/C18H25ClN2O/c19-17-9-3-2-7-15(17)13-20-10-6-8-16(14-20)18(22)21-11-4-1-5-12-21/h2-3,7,9,16H,1,4-6,8,10-14H2/t16-/m1/s1. The Hall–Kier alpha value is -1.06. The van der Waals surface area contributed by atoms with Crippen molar-refractivity contribution in [3.63, 3.8) is 0 Å². The lowest BCUT2D eigenvalue weighted by Gasteiger charge is -2.36. The Bertz CT molecular complexity index is 514. The summed E-state index contributed by atoms with van der Waals surface area (Å²) in [7, 11) is 0. The van der Waals surface area contributed by atoms with Gasteiger partial charge in [0.1, 0.15) is 0 Å². The Labute approximate surface area is 138 Å². The van der Waals surface area contributed by atoms with Crippen molar-refractivity contribution >= 4 is 17.5 Å². The van der Waals surface area contributed by atoms with Crippen LogP contribution in [0, 0.1) is 5.92 Å². The number of carbonyl (C=O) groups is 1. The van der Waals surface area contributed by atoms with Gasteiger partial charge in [-0.2, -0.15) is 0 Å². The van der Waals surface area contributed by atoms with Crippen LogP contribution in [0.2, 0.25) is 5.02 Å². The Morgan fingerprint density at radius 2 is 1.86 bits per heavy atom. The summed E-state index contributed by atoms with van der Waals surface area (Å²) in [5.74, 6) is 0.554. The van der Waals surface area contributed by atoms with Crippen LogP contribution in [-0.2, 0) is 11.3 Å². The van der Waals surface area contributed by atoms with Gasteiger partial charge in [-0.1, -0.05) is 29.8 Å². The minimum atomic E-state index is 0.175. The maximum Gasteiger partial charge on any atom is 0.226 e. The van der Waals surface area contributed by atoms with E-state index in [2.05, 4.69) is 15.9 Å². The molecule has 2 saturated heterocycles. The van der Waals surface area contributed by atoms with Crippen molar-refractivity contribution < 1.29 is 4.79 Å². The molecule has 22 heavy (non-hydrogen) atoms. The first-order chi connectivity index (χ1) is 10.7. The molecule has 2 fully saturated rings. The molecule has 0 spiro atoms. The molecular weight excluding hydrogens is 296 g/mol. The molecule has 1 amide bonds. The molecule has 0 saturated carbocycles. The summed E-state index contributed by atoms with van der Waals surface area (Å²) in [4.78, 5) is 17.2. The van der Waals surface area contributed by atoms with Crippen LogP contribution in [0.15, 0.2) is 24.3 Å². The highest BCUT2D eigenvalue weighted by Crippen LogP contribution is 2.24. The van der Waals surface area contributed by atoms with Crippen LogP contribution in [0.3, 0.4) is 0 Å². The fourth-order valence-corrected chi connectivity index (χ4v) is 3.84. The Morgan fingerprint density at radius 3 is 2.64 bits per heavy atom.